The van der Waals surface area contributed by atoms with Gasteiger partial charge in [-0.2, -0.15) is 0 Å². The average Bonchev–Trinajstić information content (AvgIpc) is 2.29. The van der Waals surface area contributed by atoms with Crippen LogP contribution in [0, 0.1) is 0 Å². The van der Waals surface area contributed by atoms with Gasteiger partial charge in [0, 0.05) is 0 Å². The Labute approximate surface area is 91.4 Å². The van der Waals surface area contributed by atoms with Crippen LogP contribution in [0.15, 0.2) is 29.8 Å². The highest BCUT2D eigenvalue weighted by molar-refractivity contribution is 5.70. The van der Waals surface area contributed by atoms with Gasteiger partial charge in [0.25, 0.3) is 0 Å². The number of phenols is 1. The fraction of sp³-hybridized carbons (Fsp3) is 0.429. The summed E-state index contributed by atoms with van der Waals surface area (Å²) in [5.74, 6) is 0.376. The molecule has 0 atom stereocenters. The van der Waals surface area contributed by atoms with Gasteiger partial charge in [-0.15, -0.1) is 0 Å². The molecule has 1 nitrogen and oxygen atoms in total. The van der Waals surface area contributed by atoms with Gasteiger partial charge in [0.1, 0.15) is 5.75 Å². The Balaban J connectivity index is 2.39. The van der Waals surface area contributed by atoms with Crippen LogP contribution >= 0.6 is 0 Å². The molecule has 0 heterocycles. The molecule has 80 valence electrons. The summed E-state index contributed by atoms with van der Waals surface area (Å²) in [5, 5.41) is 9.48. The molecule has 1 aliphatic rings. The molecule has 15 heavy (non-hydrogen) atoms. The molecule has 1 aromatic carbocycles. The molecule has 1 N–H and O–H groups in total. The van der Waals surface area contributed by atoms with E-state index in [4.69, 9.17) is 0 Å². The topological polar surface area (TPSA) is 20.2 Å². The normalized spacial score (nSPS) is 16.9. The van der Waals surface area contributed by atoms with Crippen LogP contribution < -0.4 is 0 Å². The van der Waals surface area contributed by atoms with E-state index >= 15 is 0 Å². The maximum atomic E-state index is 9.48. The van der Waals surface area contributed by atoms with E-state index in [9.17, 15) is 5.11 Å². The molecule has 0 bridgehead atoms. The molecule has 0 aromatic heterocycles. The zero-order valence-corrected chi connectivity index (χ0v) is 9.29. The fourth-order valence-electron chi connectivity index (χ4n) is 2.40. The van der Waals surface area contributed by atoms with Crippen molar-refractivity contribution in [1.29, 1.82) is 0 Å². The van der Waals surface area contributed by atoms with Crippen LogP contribution in [-0.2, 0) is 0 Å². The molecule has 1 heteroatoms. The Morgan fingerprint density at radius 1 is 1.20 bits per heavy atom. The average molecular weight is 202 g/mol. The van der Waals surface area contributed by atoms with Crippen molar-refractivity contribution >= 4 is 5.57 Å². The van der Waals surface area contributed by atoms with E-state index in [0.717, 1.165) is 6.42 Å². The quantitative estimate of drug-likeness (QED) is 0.764. The Hall–Kier alpha value is -1.24. The molecule has 0 aliphatic heterocycles. The summed E-state index contributed by atoms with van der Waals surface area (Å²) in [7, 11) is 0. The molecule has 0 radical (unpaired) electrons. The second-order valence-corrected chi connectivity index (χ2v) is 4.19. The molecule has 0 amide bonds. The van der Waals surface area contributed by atoms with Crippen LogP contribution in [0.25, 0.3) is 5.57 Å². The first kappa shape index (κ1) is 10.3. The van der Waals surface area contributed by atoms with Crippen LogP contribution in [0.3, 0.4) is 0 Å². The zero-order valence-electron chi connectivity index (χ0n) is 9.29. The van der Waals surface area contributed by atoms with Crippen molar-refractivity contribution in [3.63, 3.8) is 0 Å². The third kappa shape index (κ3) is 2.23. The number of rotatable bonds is 2. The highest BCUT2D eigenvalue weighted by Crippen LogP contribution is 2.34. The van der Waals surface area contributed by atoms with Crippen molar-refractivity contribution in [2.75, 3.05) is 0 Å². The van der Waals surface area contributed by atoms with Crippen LogP contribution in [0.4, 0.5) is 0 Å². The van der Waals surface area contributed by atoms with Crippen molar-refractivity contribution in [2.45, 2.75) is 39.0 Å². The molecule has 1 aromatic rings. The van der Waals surface area contributed by atoms with Crippen LogP contribution in [0.5, 0.6) is 5.75 Å². The molecular formula is C14H18O. The zero-order chi connectivity index (χ0) is 10.7. The number of benzene rings is 1. The lowest BCUT2D eigenvalue weighted by molar-refractivity contribution is 0.475. The molecule has 0 spiro atoms. The van der Waals surface area contributed by atoms with Gasteiger partial charge >= 0.3 is 0 Å². The standard InChI is InChI=1S/C14H18O/c1-2-11-6-3-4-9-14(11)12-7-5-8-13(15)10-12/h5,7-8,10,15H,2-4,6,9H2,1H3. The molecule has 2 rings (SSSR count). The summed E-state index contributed by atoms with van der Waals surface area (Å²) in [6.45, 7) is 2.23. The van der Waals surface area contributed by atoms with Crippen molar-refractivity contribution < 1.29 is 5.11 Å². The highest BCUT2D eigenvalue weighted by atomic mass is 16.3. The maximum Gasteiger partial charge on any atom is 0.116 e. The Morgan fingerprint density at radius 3 is 2.73 bits per heavy atom. The van der Waals surface area contributed by atoms with Gasteiger partial charge in [-0.1, -0.05) is 24.6 Å². The molecule has 0 saturated carbocycles. The van der Waals surface area contributed by atoms with E-state index in [2.05, 4.69) is 13.0 Å². The summed E-state index contributed by atoms with van der Waals surface area (Å²) in [5.41, 5.74) is 4.26. The smallest absolute Gasteiger partial charge is 0.116 e. The summed E-state index contributed by atoms with van der Waals surface area (Å²) in [6.07, 6.45) is 6.17. The molecule has 0 saturated heterocycles. The van der Waals surface area contributed by atoms with Gasteiger partial charge < -0.3 is 5.11 Å². The highest BCUT2D eigenvalue weighted by Gasteiger charge is 2.12. The minimum Gasteiger partial charge on any atom is -0.508 e. The van der Waals surface area contributed by atoms with Gasteiger partial charge in [-0.3, -0.25) is 0 Å². The minimum absolute atomic E-state index is 0.376. The molecule has 0 unspecified atom stereocenters. The largest absolute Gasteiger partial charge is 0.508 e. The van der Waals surface area contributed by atoms with Crippen molar-refractivity contribution in [2.24, 2.45) is 0 Å². The van der Waals surface area contributed by atoms with E-state index < -0.39 is 0 Å². The van der Waals surface area contributed by atoms with Gasteiger partial charge in [-0.25, -0.2) is 0 Å². The summed E-state index contributed by atoms with van der Waals surface area (Å²) < 4.78 is 0. The van der Waals surface area contributed by atoms with E-state index in [0.29, 0.717) is 5.75 Å². The third-order valence-corrected chi connectivity index (χ3v) is 3.20. The first-order valence-corrected chi connectivity index (χ1v) is 5.81. The Kier molecular flexibility index (Phi) is 3.10. The number of hydrogen-bond acceptors (Lipinski definition) is 1. The molecule has 0 fully saturated rings. The molecule has 1 aliphatic carbocycles. The van der Waals surface area contributed by atoms with Crippen molar-refractivity contribution in [3.05, 3.63) is 35.4 Å². The number of phenolic OH excluding ortho intramolecular Hbond substituents is 1. The number of aromatic hydroxyl groups is 1. The van der Waals surface area contributed by atoms with E-state index in [1.54, 1.807) is 11.6 Å². The van der Waals surface area contributed by atoms with Crippen LogP contribution in [-0.4, -0.2) is 5.11 Å². The number of allylic oxidation sites excluding steroid dienone is 2. The van der Waals surface area contributed by atoms with Gasteiger partial charge in [0.15, 0.2) is 0 Å². The Bertz CT molecular complexity index is 377. The van der Waals surface area contributed by atoms with Gasteiger partial charge in [0.2, 0.25) is 0 Å². The summed E-state index contributed by atoms with van der Waals surface area (Å²) >= 11 is 0. The van der Waals surface area contributed by atoms with E-state index in [-0.39, 0.29) is 0 Å². The van der Waals surface area contributed by atoms with Crippen molar-refractivity contribution in [1.82, 2.24) is 0 Å². The van der Waals surface area contributed by atoms with Crippen LogP contribution in [0.1, 0.15) is 44.6 Å². The Morgan fingerprint density at radius 2 is 2.00 bits per heavy atom. The van der Waals surface area contributed by atoms with Crippen LogP contribution in [0.2, 0.25) is 0 Å². The summed E-state index contributed by atoms with van der Waals surface area (Å²) in [4.78, 5) is 0. The van der Waals surface area contributed by atoms with Crippen molar-refractivity contribution in [3.8, 4) is 5.75 Å². The second-order valence-electron chi connectivity index (χ2n) is 4.19. The fourth-order valence-corrected chi connectivity index (χ4v) is 2.40. The lowest BCUT2D eigenvalue weighted by atomic mass is 9.86. The SMILES string of the molecule is CCC1=C(c2cccc(O)c2)CCCC1. The minimum atomic E-state index is 0.376. The molecular weight excluding hydrogens is 184 g/mol. The van der Waals surface area contributed by atoms with Gasteiger partial charge in [0.05, 0.1) is 0 Å². The lowest BCUT2D eigenvalue weighted by Crippen LogP contribution is -1.98. The number of hydrogen-bond donors (Lipinski definition) is 1. The van der Waals surface area contributed by atoms with Gasteiger partial charge in [-0.05, 0) is 55.4 Å². The van der Waals surface area contributed by atoms with E-state index in [1.165, 1.54) is 36.8 Å². The second kappa shape index (κ2) is 4.52. The first-order valence-electron chi connectivity index (χ1n) is 5.81. The predicted octanol–water partition coefficient (Wildman–Crippen LogP) is 4.13. The first-order chi connectivity index (χ1) is 7.31. The predicted molar refractivity (Wildman–Crippen MR) is 63.8 cm³/mol. The van der Waals surface area contributed by atoms with E-state index in [1.807, 2.05) is 12.1 Å². The monoisotopic (exact) mass is 202 g/mol. The lowest BCUT2D eigenvalue weighted by Gasteiger charge is -2.19. The summed E-state index contributed by atoms with van der Waals surface area (Å²) in [6, 6.07) is 7.66. The maximum absolute atomic E-state index is 9.48. The third-order valence-electron chi connectivity index (χ3n) is 3.20.